The van der Waals surface area contributed by atoms with Gasteiger partial charge in [0, 0.05) is 10.8 Å². The van der Waals surface area contributed by atoms with Gasteiger partial charge in [0.25, 0.3) is 0 Å². The van der Waals surface area contributed by atoms with E-state index in [1.165, 1.54) is 55.6 Å². The molecule has 46 heavy (non-hydrogen) atoms. The summed E-state index contributed by atoms with van der Waals surface area (Å²) in [5.74, 6) is 0. The number of hydrogen-bond donors (Lipinski definition) is 0. The van der Waals surface area contributed by atoms with Gasteiger partial charge in [-0.2, -0.15) is 0 Å². The van der Waals surface area contributed by atoms with Crippen LogP contribution in [0.1, 0.15) is 11.1 Å². The molecule has 0 atom stereocenters. The molecule has 218 valence electrons. The molecule has 0 spiro atoms. The number of benzene rings is 7. The van der Waals surface area contributed by atoms with Crippen molar-refractivity contribution in [1.29, 1.82) is 0 Å². The summed E-state index contributed by atoms with van der Waals surface area (Å²) in [4.78, 5) is 0. The minimum atomic E-state index is 0.571. The van der Waals surface area contributed by atoms with E-state index in [1.807, 2.05) is 12.1 Å². The average Bonchev–Trinajstić information content (AvgIpc) is 3.40. The predicted molar refractivity (Wildman–Crippen MR) is 189 cm³/mol. The number of fused-ring (bicyclic) bond motifs is 6. The Hall–Kier alpha value is -5.70. The van der Waals surface area contributed by atoms with E-state index in [9.17, 15) is 0 Å². The molecule has 2 nitrogen and oxygen atoms in total. The lowest BCUT2D eigenvalue weighted by Crippen LogP contribution is -1.92. The third-order valence-electron chi connectivity index (χ3n) is 9.21. The highest BCUT2D eigenvalue weighted by atomic mass is 16.5. The van der Waals surface area contributed by atoms with Gasteiger partial charge in [-0.1, -0.05) is 109 Å². The summed E-state index contributed by atoms with van der Waals surface area (Å²) in [5.41, 5.74) is 16.2. The van der Waals surface area contributed by atoms with Crippen LogP contribution in [0.5, 0.6) is 0 Å². The monoisotopic (exact) mass is 590 g/mol. The summed E-state index contributed by atoms with van der Waals surface area (Å²) in [6.45, 7) is 1.16. The van der Waals surface area contributed by atoms with E-state index < -0.39 is 0 Å². The lowest BCUT2D eigenvalue weighted by atomic mass is 9.89. The van der Waals surface area contributed by atoms with Crippen molar-refractivity contribution in [3.63, 3.8) is 0 Å². The zero-order chi connectivity index (χ0) is 30.5. The molecule has 0 bridgehead atoms. The molecule has 2 heterocycles. The number of hydrogen-bond acceptors (Lipinski definition) is 2. The Morgan fingerprint density at radius 3 is 1.65 bits per heavy atom. The summed E-state index contributed by atoms with van der Waals surface area (Å²) < 4.78 is 12.4. The maximum Gasteiger partial charge on any atom is 0.136 e. The standard InChI is InChI=1S/C44H30O2/c1-3-9-29(10-4-1)35-22-36(30-11-5-2-6-12-30)24-37(23-35)32-15-16-34-27-45-28-38-21-31(17-19-39(38)42(34)25-32)33-18-20-41-40-13-7-8-14-43(40)46-44(41)26-33/h1-26H,27-28H2. The van der Waals surface area contributed by atoms with Crippen LogP contribution in [0.3, 0.4) is 0 Å². The quantitative estimate of drug-likeness (QED) is 0.203. The van der Waals surface area contributed by atoms with E-state index in [4.69, 9.17) is 9.15 Å². The van der Waals surface area contributed by atoms with Crippen LogP contribution >= 0.6 is 0 Å². The van der Waals surface area contributed by atoms with Gasteiger partial charge < -0.3 is 9.15 Å². The normalized spacial score (nSPS) is 12.5. The highest BCUT2D eigenvalue weighted by Gasteiger charge is 2.18. The molecular formula is C44H30O2. The molecule has 0 amide bonds. The fourth-order valence-electron chi connectivity index (χ4n) is 6.85. The molecule has 0 aliphatic carbocycles. The van der Waals surface area contributed by atoms with Crippen LogP contribution in [-0.4, -0.2) is 0 Å². The molecule has 0 unspecified atom stereocenters. The lowest BCUT2D eigenvalue weighted by Gasteiger charge is -2.15. The maximum atomic E-state index is 6.23. The summed E-state index contributed by atoms with van der Waals surface area (Å²) in [5, 5.41) is 2.29. The van der Waals surface area contributed by atoms with Crippen molar-refractivity contribution < 1.29 is 9.15 Å². The van der Waals surface area contributed by atoms with Crippen molar-refractivity contribution >= 4 is 21.9 Å². The minimum Gasteiger partial charge on any atom is -0.456 e. The van der Waals surface area contributed by atoms with Crippen molar-refractivity contribution in [2.45, 2.75) is 13.2 Å². The second-order valence-corrected chi connectivity index (χ2v) is 12.1. The highest BCUT2D eigenvalue weighted by Crippen LogP contribution is 2.40. The fourth-order valence-corrected chi connectivity index (χ4v) is 6.85. The van der Waals surface area contributed by atoms with Crippen LogP contribution in [0.25, 0.3) is 77.6 Å². The number of para-hydroxylation sites is 1. The van der Waals surface area contributed by atoms with Crippen molar-refractivity contribution in [1.82, 2.24) is 0 Å². The first-order valence-electron chi connectivity index (χ1n) is 15.8. The predicted octanol–water partition coefficient (Wildman–Crippen LogP) is 12.0. The molecule has 2 heteroatoms. The SMILES string of the molecule is c1ccc(-c2cc(-c3ccccc3)cc(-c3ccc4c(c3)-c3ccc(-c5ccc6c(c5)oc5ccccc56)cc3COC4)c2)cc1. The summed E-state index contributed by atoms with van der Waals surface area (Å²) in [6, 6.07) is 56.6. The molecule has 9 rings (SSSR count). The largest absolute Gasteiger partial charge is 0.456 e. The van der Waals surface area contributed by atoms with Crippen LogP contribution in [0, 0.1) is 0 Å². The van der Waals surface area contributed by atoms with Crippen molar-refractivity contribution in [3.05, 3.63) is 169 Å². The van der Waals surface area contributed by atoms with Gasteiger partial charge in [-0.15, -0.1) is 0 Å². The Morgan fingerprint density at radius 2 is 0.891 bits per heavy atom. The van der Waals surface area contributed by atoms with E-state index in [-0.39, 0.29) is 0 Å². The molecule has 1 aromatic heterocycles. The number of furan rings is 1. The first kappa shape index (κ1) is 26.7. The van der Waals surface area contributed by atoms with Gasteiger partial charge >= 0.3 is 0 Å². The van der Waals surface area contributed by atoms with Gasteiger partial charge in [0.05, 0.1) is 13.2 Å². The van der Waals surface area contributed by atoms with Gasteiger partial charge in [-0.05, 0) is 115 Å². The van der Waals surface area contributed by atoms with Gasteiger partial charge in [0.2, 0.25) is 0 Å². The average molecular weight is 591 g/mol. The second kappa shape index (κ2) is 11.0. The van der Waals surface area contributed by atoms with Crippen molar-refractivity contribution in [2.75, 3.05) is 0 Å². The van der Waals surface area contributed by atoms with E-state index in [1.54, 1.807) is 0 Å². The first-order chi connectivity index (χ1) is 22.8. The summed E-state index contributed by atoms with van der Waals surface area (Å²) >= 11 is 0. The van der Waals surface area contributed by atoms with Gasteiger partial charge in [0.1, 0.15) is 11.2 Å². The van der Waals surface area contributed by atoms with Crippen LogP contribution < -0.4 is 0 Å². The molecule has 0 radical (unpaired) electrons. The van der Waals surface area contributed by atoms with E-state index in [2.05, 4.69) is 146 Å². The third-order valence-corrected chi connectivity index (χ3v) is 9.21. The zero-order valence-electron chi connectivity index (χ0n) is 25.2. The molecule has 1 aliphatic rings. The zero-order valence-corrected chi connectivity index (χ0v) is 25.2. The Labute approximate surface area is 268 Å². The van der Waals surface area contributed by atoms with Crippen molar-refractivity contribution in [2.24, 2.45) is 0 Å². The number of rotatable bonds is 4. The first-order valence-corrected chi connectivity index (χ1v) is 15.8. The summed E-state index contributed by atoms with van der Waals surface area (Å²) in [7, 11) is 0. The molecule has 0 saturated carbocycles. The third kappa shape index (κ3) is 4.72. The van der Waals surface area contributed by atoms with E-state index in [0.29, 0.717) is 13.2 Å². The van der Waals surface area contributed by atoms with Crippen LogP contribution in [0.4, 0.5) is 0 Å². The highest BCUT2D eigenvalue weighted by molar-refractivity contribution is 6.05. The van der Waals surface area contributed by atoms with Crippen LogP contribution in [0.15, 0.2) is 162 Å². The molecular weight excluding hydrogens is 560 g/mol. The lowest BCUT2D eigenvalue weighted by molar-refractivity contribution is 0.110. The van der Waals surface area contributed by atoms with Gasteiger partial charge in [0.15, 0.2) is 0 Å². The molecule has 7 aromatic carbocycles. The Kier molecular flexibility index (Phi) is 6.40. The topological polar surface area (TPSA) is 22.4 Å². The Balaban J connectivity index is 1.14. The smallest absolute Gasteiger partial charge is 0.136 e. The van der Waals surface area contributed by atoms with E-state index in [0.717, 1.165) is 33.1 Å². The van der Waals surface area contributed by atoms with Gasteiger partial charge in [-0.3, -0.25) is 0 Å². The van der Waals surface area contributed by atoms with E-state index >= 15 is 0 Å². The number of ether oxygens (including phenoxy) is 1. The van der Waals surface area contributed by atoms with Gasteiger partial charge in [-0.25, -0.2) is 0 Å². The Morgan fingerprint density at radius 1 is 0.326 bits per heavy atom. The minimum absolute atomic E-state index is 0.571. The van der Waals surface area contributed by atoms with Crippen LogP contribution in [0.2, 0.25) is 0 Å². The fraction of sp³-hybridized carbons (Fsp3) is 0.0455. The molecule has 8 aromatic rings. The Bertz CT molecular complexity index is 2320. The van der Waals surface area contributed by atoms with Crippen LogP contribution in [-0.2, 0) is 18.0 Å². The molecule has 0 N–H and O–H groups in total. The maximum absolute atomic E-state index is 6.23. The molecule has 0 saturated heterocycles. The van der Waals surface area contributed by atoms with Crippen molar-refractivity contribution in [3.8, 4) is 55.6 Å². The second-order valence-electron chi connectivity index (χ2n) is 12.1. The summed E-state index contributed by atoms with van der Waals surface area (Å²) in [6.07, 6.45) is 0. The molecule has 1 aliphatic heterocycles. The molecule has 0 fully saturated rings.